The van der Waals surface area contributed by atoms with E-state index in [9.17, 15) is 19.2 Å². The molecule has 2 atom stereocenters. The van der Waals surface area contributed by atoms with Gasteiger partial charge in [0.15, 0.2) is 0 Å². The van der Waals surface area contributed by atoms with Crippen LogP contribution in [0.5, 0.6) is 0 Å². The zero-order valence-electron chi connectivity index (χ0n) is 13.3. The third-order valence-corrected chi connectivity index (χ3v) is 3.42. The highest BCUT2D eigenvalue weighted by Gasteiger charge is 2.18. The van der Waals surface area contributed by atoms with Gasteiger partial charge < -0.3 is 19.7 Å². The molecule has 24 heavy (non-hydrogen) atoms. The van der Waals surface area contributed by atoms with Crippen LogP contribution in [0.4, 0.5) is 0 Å². The molecular weight excluding hydrogens is 320 g/mol. The molecule has 1 rings (SSSR count). The van der Waals surface area contributed by atoms with Crippen LogP contribution in [0, 0.1) is 0 Å². The highest BCUT2D eigenvalue weighted by molar-refractivity contribution is 5.77. The molecule has 0 aromatic carbocycles. The van der Waals surface area contributed by atoms with Crippen LogP contribution < -0.4 is 0 Å². The molecule has 0 fully saturated rings. The third-order valence-electron chi connectivity index (χ3n) is 3.42. The Labute approximate surface area is 139 Å². The number of rotatable bonds is 8. The molecule has 8 heteroatoms. The summed E-state index contributed by atoms with van der Waals surface area (Å²) in [7, 11) is 0. The van der Waals surface area contributed by atoms with E-state index in [1.807, 2.05) is 0 Å². The van der Waals surface area contributed by atoms with Crippen molar-refractivity contribution >= 4 is 23.9 Å². The van der Waals surface area contributed by atoms with Crippen molar-refractivity contribution in [3.05, 3.63) is 12.2 Å². The largest absolute Gasteiger partial charge is 0.481 e. The molecule has 0 amide bonds. The second kappa shape index (κ2) is 10.4. The lowest BCUT2D eigenvalue weighted by Crippen LogP contribution is -2.22. The quantitative estimate of drug-likeness (QED) is 0.504. The number of carboxylic acid groups (broad SMARTS) is 2. The lowest BCUT2D eigenvalue weighted by atomic mass is 10.0. The van der Waals surface area contributed by atoms with E-state index in [0.717, 1.165) is 12.8 Å². The Morgan fingerprint density at radius 1 is 0.750 bits per heavy atom. The standard InChI is InChI=1S/C16H22O8/c17-13(18)7-9-15(21)23-11-3-1-2-4-12(6-5-11)24-16(22)10-8-14(19)20/h5-6,11-12H,1-4,7-10H2,(H,17,18)(H,19,20)/b6-5-. The normalized spacial score (nSPS) is 21.8. The van der Waals surface area contributed by atoms with E-state index < -0.39 is 36.1 Å². The molecule has 0 aromatic heterocycles. The van der Waals surface area contributed by atoms with Gasteiger partial charge in [0.2, 0.25) is 0 Å². The summed E-state index contributed by atoms with van der Waals surface area (Å²) in [5.41, 5.74) is 0. The summed E-state index contributed by atoms with van der Waals surface area (Å²) in [6, 6.07) is 0. The first-order valence-corrected chi connectivity index (χ1v) is 7.87. The van der Waals surface area contributed by atoms with Gasteiger partial charge in [-0.1, -0.05) is 0 Å². The van der Waals surface area contributed by atoms with Gasteiger partial charge in [-0.05, 0) is 37.8 Å². The van der Waals surface area contributed by atoms with Crippen molar-refractivity contribution in [2.75, 3.05) is 0 Å². The number of esters is 2. The molecule has 1 aliphatic carbocycles. The first-order chi connectivity index (χ1) is 11.4. The molecule has 0 bridgehead atoms. The van der Waals surface area contributed by atoms with E-state index in [1.165, 1.54) is 0 Å². The number of ether oxygens (including phenoxy) is 2. The van der Waals surface area contributed by atoms with Gasteiger partial charge in [0.1, 0.15) is 12.2 Å². The van der Waals surface area contributed by atoms with Crippen molar-refractivity contribution in [3.63, 3.8) is 0 Å². The predicted molar refractivity (Wildman–Crippen MR) is 81.1 cm³/mol. The Morgan fingerprint density at radius 2 is 1.12 bits per heavy atom. The van der Waals surface area contributed by atoms with Crippen LogP contribution >= 0.6 is 0 Å². The fourth-order valence-electron chi connectivity index (χ4n) is 2.20. The summed E-state index contributed by atoms with van der Waals surface area (Å²) >= 11 is 0. The molecule has 0 saturated carbocycles. The summed E-state index contributed by atoms with van der Waals surface area (Å²) in [6.45, 7) is 0. The van der Waals surface area contributed by atoms with Crippen molar-refractivity contribution < 1.29 is 38.9 Å². The second-order valence-corrected chi connectivity index (χ2v) is 5.51. The Morgan fingerprint density at radius 3 is 1.46 bits per heavy atom. The topological polar surface area (TPSA) is 127 Å². The summed E-state index contributed by atoms with van der Waals surface area (Å²) in [5, 5.41) is 17.1. The molecular formula is C16H22O8. The maximum atomic E-state index is 11.6. The highest BCUT2D eigenvalue weighted by atomic mass is 16.5. The number of hydrogen-bond acceptors (Lipinski definition) is 6. The van der Waals surface area contributed by atoms with Crippen molar-refractivity contribution in [3.8, 4) is 0 Å². The number of aliphatic carboxylic acids is 2. The minimum absolute atomic E-state index is 0.187. The predicted octanol–water partition coefficient (Wildman–Crippen LogP) is 1.67. The molecule has 0 saturated heterocycles. The summed E-state index contributed by atoms with van der Waals surface area (Å²) in [5.74, 6) is -3.28. The van der Waals surface area contributed by atoms with E-state index in [0.29, 0.717) is 12.8 Å². The first-order valence-electron chi connectivity index (χ1n) is 7.87. The van der Waals surface area contributed by atoms with Crippen molar-refractivity contribution in [2.24, 2.45) is 0 Å². The molecule has 0 heterocycles. The van der Waals surface area contributed by atoms with Crippen LogP contribution in [0.3, 0.4) is 0 Å². The van der Waals surface area contributed by atoms with Gasteiger partial charge >= 0.3 is 23.9 Å². The van der Waals surface area contributed by atoms with E-state index >= 15 is 0 Å². The Kier molecular flexibility index (Phi) is 8.53. The second-order valence-electron chi connectivity index (χ2n) is 5.51. The first kappa shape index (κ1) is 19.7. The fraction of sp³-hybridized carbons (Fsp3) is 0.625. The lowest BCUT2D eigenvalue weighted by molar-refractivity contribution is -0.151. The van der Waals surface area contributed by atoms with Crippen LogP contribution in [0.2, 0.25) is 0 Å². The maximum Gasteiger partial charge on any atom is 0.306 e. The van der Waals surface area contributed by atoms with E-state index in [4.69, 9.17) is 19.7 Å². The number of carbonyl (C=O) groups is 4. The molecule has 2 unspecified atom stereocenters. The van der Waals surface area contributed by atoms with Crippen LogP contribution in [0.1, 0.15) is 51.4 Å². The van der Waals surface area contributed by atoms with Crippen LogP contribution in [-0.4, -0.2) is 46.3 Å². The van der Waals surface area contributed by atoms with Crippen LogP contribution in [-0.2, 0) is 28.7 Å². The lowest BCUT2D eigenvalue weighted by Gasteiger charge is -2.20. The SMILES string of the molecule is O=C(O)CCC(=O)OC1/C=C\C(OC(=O)CCC(=O)O)CCCC1. The van der Waals surface area contributed by atoms with Gasteiger partial charge in [0, 0.05) is 0 Å². The van der Waals surface area contributed by atoms with Crippen LogP contribution in [0.25, 0.3) is 0 Å². The van der Waals surface area contributed by atoms with Gasteiger partial charge in [0.25, 0.3) is 0 Å². The molecule has 0 aliphatic heterocycles. The van der Waals surface area contributed by atoms with Gasteiger partial charge in [0.05, 0.1) is 25.7 Å². The Bertz CT molecular complexity index is 452. The smallest absolute Gasteiger partial charge is 0.306 e. The molecule has 0 aromatic rings. The summed E-state index contributed by atoms with van der Waals surface area (Å²) in [6.07, 6.45) is 4.15. The van der Waals surface area contributed by atoms with Gasteiger partial charge in [-0.15, -0.1) is 0 Å². The summed E-state index contributed by atoms with van der Waals surface area (Å²) < 4.78 is 10.4. The Balaban J connectivity index is 2.47. The van der Waals surface area contributed by atoms with Crippen molar-refractivity contribution in [1.29, 1.82) is 0 Å². The summed E-state index contributed by atoms with van der Waals surface area (Å²) in [4.78, 5) is 44.0. The maximum absolute atomic E-state index is 11.6. The zero-order valence-corrected chi connectivity index (χ0v) is 13.3. The van der Waals surface area contributed by atoms with Gasteiger partial charge in [-0.2, -0.15) is 0 Å². The molecule has 1 aliphatic rings. The van der Waals surface area contributed by atoms with E-state index in [1.54, 1.807) is 12.2 Å². The van der Waals surface area contributed by atoms with Crippen molar-refractivity contribution in [1.82, 2.24) is 0 Å². The molecule has 8 nitrogen and oxygen atoms in total. The van der Waals surface area contributed by atoms with E-state index in [-0.39, 0.29) is 25.7 Å². The molecule has 2 N–H and O–H groups in total. The van der Waals surface area contributed by atoms with Crippen molar-refractivity contribution in [2.45, 2.75) is 63.6 Å². The Hall–Kier alpha value is -2.38. The van der Waals surface area contributed by atoms with Gasteiger partial charge in [-0.3, -0.25) is 19.2 Å². The molecule has 0 spiro atoms. The number of carboxylic acids is 2. The molecule has 0 radical (unpaired) electrons. The minimum Gasteiger partial charge on any atom is -0.481 e. The number of carbonyl (C=O) groups excluding carboxylic acids is 2. The minimum atomic E-state index is -1.06. The van der Waals surface area contributed by atoms with Gasteiger partial charge in [-0.25, -0.2) is 0 Å². The highest BCUT2D eigenvalue weighted by Crippen LogP contribution is 2.18. The number of hydrogen-bond donors (Lipinski definition) is 2. The zero-order chi connectivity index (χ0) is 17.9. The third kappa shape index (κ3) is 8.92. The van der Waals surface area contributed by atoms with Crippen LogP contribution in [0.15, 0.2) is 12.2 Å². The monoisotopic (exact) mass is 342 g/mol. The molecule has 134 valence electrons. The van der Waals surface area contributed by atoms with E-state index in [2.05, 4.69) is 0 Å². The average Bonchev–Trinajstić information content (AvgIpc) is 2.49. The average molecular weight is 342 g/mol. The fourth-order valence-corrected chi connectivity index (χ4v) is 2.20.